The van der Waals surface area contributed by atoms with Crippen LogP contribution in [-0.2, 0) is 4.79 Å². The van der Waals surface area contributed by atoms with Gasteiger partial charge in [0.15, 0.2) is 0 Å². The van der Waals surface area contributed by atoms with E-state index < -0.39 is 0 Å². The van der Waals surface area contributed by atoms with E-state index in [-0.39, 0.29) is 5.91 Å². The molecule has 0 aliphatic rings. The summed E-state index contributed by atoms with van der Waals surface area (Å²) in [5.74, 6) is 0.450. The van der Waals surface area contributed by atoms with Crippen molar-refractivity contribution in [2.45, 2.75) is 59.3 Å². The van der Waals surface area contributed by atoms with E-state index in [9.17, 15) is 4.79 Å². The Labute approximate surface area is 168 Å². The molecule has 0 fully saturated rings. The maximum absolute atomic E-state index is 11.7. The highest BCUT2D eigenvalue weighted by molar-refractivity contribution is 6.29. The first-order chi connectivity index (χ1) is 13.0. The summed E-state index contributed by atoms with van der Waals surface area (Å²) in [5.41, 5.74) is 0.983. The van der Waals surface area contributed by atoms with Crippen molar-refractivity contribution < 1.29 is 9.53 Å². The minimum Gasteiger partial charge on any atom is -0.463 e. The SMILES string of the molecule is CC(C=CCCCCCCCOc1nccc(Cl)n1)=CC(=O)NCC(C)C. The predicted molar refractivity (Wildman–Crippen MR) is 111 cm³/mol. The van der Waals surface area contributed by atoms with E-state index in [1.54, 1.807) is 18.3 Å². The first kappa shape index (κ1) is 23.2. The maximum Gasteiger partial charge on any atom is 0.317 e. The van der Waals surface area contributed by atoms with Crippen LogP contribution in [0.4, 0.5) is 0 Å². The highest BCUT2D eigenvalue weighted by Gasteiger charge is 1.99. The van der Waals surface area contributed by atoms with E-state index in [1.165, 1.54) is 12.8 Å². The molecule has 0 saturated heterocycles. The zero-order chi connectivity index (χ0) is 19.9. The van der Waals surface area contributed by atoms with Gasteiger partial charge in [-0.1, -0.05) is 56.9 Å². The van der Waals surface area contributed by atoms with E-state index in [1.807, 2.05) is 13.0 Å². The van der Waals surface area contributed by atoms with Gasteiger partial charge in [0.25, 0.3) is 0 Å². The van der Waals surface area contributed by atoms with Crippen LogP contribution in [0.1, 0.15) is 59.3 Å². The van der Waals surface area contributed by atoms with Gasteiger partial charge in [0.2, 0.25) is 5.91 Å². The molecule has 1 N–H and O–H groups in total. The van der Waals surface area contributed by atoms with Crippen molar-refractivity contribution in [2.24, 2.45) is 5.92 Å². The molecule has 0 bridgehead atoms. The number of rotatable bonds is 13. The average molecular weight is 394 g/mol. The second-order valence-electron chi connectivity index (χ2n) is 7.00. The van der Waals surface area contributed by atoms with Gasteiger partial charge in [-0.05, 0) is 43.7 Å². The van der Waals surface area contributed by atoms with Crippen LogP contribution in [0.5, 0.6) is 6.01 Å². The minimum absolute atomic E-state index is 0.0174. The number of unbranched alkanes of at least 4 members (excludes halogenated alkanes) is 5. The third-order valence-electron chi connectivity index (χ3n) is 3.77. The quantitative estimate of drug-likeness (QED) is 0.218. The number of halogens is 1. The van der Waals surface area contributed by atoms with Crippen LogP contribution in [0.25, 0.3) is 0 Å². The first-order valence-electron chi connectivity index (χ1n) is 9.71. The van der Waals surface area contributed by atoms with Crippen LogP contribution in [0.15, 0.2) is 36.1 Å². The lowest BCUT2D eigenvalue weighted by Gasteiger charge is -2.05. The summed E-state index contributed by atoms with van der Waals surface area (Å²) in [7, 11) is 0. The minimum atomic E-state index is -0.0174. The third kappa shape index (κ3) is 13.0. The Kier molecular flexibility index (Phi) is 12.2. The molecule has 1 heterocycles. The molecule has 27 heavy (non-hydrogen) atoms. The number of amides is 1. The number of nitrogens with zero attached hydrogens (tertiary/aromatic N) is 2. The molecule has 0 radical (unpaired) electrons. The molecule has 0 spiro atoms. The van der Waals surface area contributed by atoms with Crippen molar-refractivity contribution in [3.8, 4) is 6.01 Å². The molecule has 0 aromatic carbocycles. The molecule has 0 aliphatic heterocycles. The lowest BCUT2D eigenvalue weighted by Crippen LogP contribution is -2.25. The molecule has 1 amide bonds. The number of carbonyl (C=O) groups excluding carboxylic acids is 1. The molecule has 0 unspecified atom stereocenters. The normalized spacial score (nSPS) is 12.0. The number of ether oxygens (including phenoxy) is 1. The molecular formula is C21H32ClN3O2. The molecule has 6 heteroatoms. The van der Waals surface area contributed by atoms with Gasteiger partial charge in [-0.2, -0.15) is 4.98 Å². The van der Waals surface area contributed by atoms with Gasteiger partial charge in [0.05, 0.1) is 6.61 Å². The zero-order valence-corrected chi connectivity index (χ0v) is 17.5. The molecule has 1 rings (SSSR count). The molecule has 1 aromatic rings. The van der Waals surface area contributed by atoms with Crippen LogP contribution in [0.2, 0.25) is 5.15 Å². The fourth-order valence-corrected chi connectivity index (χ4v) is 2.46. The van der Waals surface area contributed by atoms with Crippen LogP contribution in [0, 0.1) is 5.92 Å². The Balaban J connectivity index is 2.01. The van der Waals surface area contributed by atoms with E-state index >= 15 is 0 Å². The number of hydrogen-bond acceptors (Lipinski definition) is 4. The van der Waals surface area contributed by atoms with Crippen molar-refractivity contribution in [1.29, 1.82) is 0 Å². The number of allylic oxidation sites excluding steroid dienone is 3. The van der Waals surface area contributed by atoms with E-state index in [2.05, 4.69) is 35.2 Å². The van der Waals surface area contributed by atoms with Crippen molar-refractivity contribution in [3.05, 3.63) is 41.2 Å². The first-order valence-corrected chi connectivity index (χ1v) is 10.1. The predicted octanol–water partition coefficient (Wildman–Crippen LogP) is 5.12. The van der Waals surface area contributed by atoms with E-state index in [0.29, 0.717) is 30.2 Å². The number of carbonyl (C=O) groups is 1. The molecular weight excluding hydrogens is 362 g/mol. The Hall–Kier alpha value is -1.88. The van der Waals surface area contributed by atoms with Crippen molar-refractivity contribution >= 4 is 17.5 Å². The van der Waals surface area contributed by atoms with Gasteiger partial charge in [0, 0.05) is 18.8 Å². The van der Waals surface area contributed by atoms with E-state index in [0.717, 1.165) is 31.3 Å². The second kappa shape index (κ2) is 14.2. The lowest BCUT2D eigenvalue weighted by molar-refractivity contribution is -0.116. The monoisotopic (exact) mass is 393 g/mol. The summed E-state index contributed by atoms with van der Waals surface area (Å²) < 4.78 is 5.46. The zero-order valence-electron chi connectivity index (χ0n) is 16.7. The van der Waals surface area contributed by atoms with Crippen LogP contribution >= 0.6 is 11.6 Å². The standard InChI is InChI=1S/C21H32ClN3O2/c1-17(2)16-24-20(26)15-18(3)11-9-7-5-4-6-8-10-14-27-21-23-13-12-19(22)25-21/h9,11-13,15,17H,4-8,10,14,16H2,1-3H3,(H,24,26). The van der Waals surface area contributed by atoms with Crippen molar-refractivity contribution in [1.82, 2.24) is 15.3 Å². The van der Waals surface area contributed by atoms with Crippen LogP contribution in [0.3, 0.4) is 0 Å². The molecule has 5 nitrogen and oxygen atoms in total. The Morgan fingerprint density at radius 2 is 2.00 bits per heavy atom. The summed E-state index contributed by atoms with van der Waals surface area (Å²) in [6.45, 7) is 7.44. The van der Waals surface area contributed by atoms with Crippen LogP contribution < -0.4 is 10.1 Å². The van der Waals surface area contributed by atoms with Crippen molar-refractivity contribution in [2.75, 3.05) is 13.2 Å². The lowest BCUT2D eigenvalue weighted by atomic mass is 10.1. The van der Waals surface area contributed by atoms with Crippen molar-refractivity contribution in [3.63, 3.8) is 0 Å². The fourth-order valence-electron chi connectivity index (χ4n) is 2.33. The second-order valence-corrected chi connectivity index (χ2v) is 7.38. The number of aromatic nitrogens is 2. The maximum atomic E-state index is 11.7. The highest BCUT2D eigenvalue weighted by atomic mass is 35.5. The highest BCUT2D eigenvalue weighted by Crippen LogP contribution is 2.10. The van der Waals surface area contributed by atoms with Gasteiger partial charge in [-0.3, -0.25) is 4.79 Å². The van der Waals surface area contributed by atoms with Gasteiger partial charge in [-0.25, -0.2) is 4.98 Å². The average Bonchev–Trinajstić information content (AvgIpc) is 2.61. The summed E-state index contributed by atoms with van der Waals surface area (Å²) in [6.07, 6.45) is 14.1. The largest absolute Gasteiger partial charge is 0.463 e. The molecule has 0 aliphatic carbocycles. The number of hydrogen-bond donors (Lipinski definition) is 1. The van der Waals surface area contributed by atoms with E-state index in [4.69, 9.17) is 16.3 Å². The van der Waals surface area contributed by atoms with Gasteiger partial charge in [0.1, 0.15) is 5.15 Å². The van der Waals surface area contributed by atoms with Gasteiger partial charge >= 0.3 is 6.01 Å². The van der Waals surface area contributed by atoms with Gasteiger partial charge in [-0.15, -0.1) is 0 Å². The third-order valence-corrected chi connectivity index (χ3v) is 3.98. The summed E-state index contributed by atoms with van der Waals surface area (Å²) >= 11 is 5.78. The molecule has 150 valence electrons. The van der Waals surface area contributed by atoms with Crippen LogP contribution in [-0.4, -0.2) is 29.0 Å². The van der Waals surface area contributed by atoms with Gasteiger partial charge < -0.3 is 10.1 Å². The Morgan fingerprint density at radius 3 is 2.74 bits per heavy atom. The summed E-state index contributed by atoms with van der Waals surface area (Å²) in [5, 5.41) is 3.28. The number of nitrogens with one attached hydrogen (secondary N) is 1. The summed E-state index contributed by atoms with van der Waals surface area (Å²) in [4.78, 5) is 19.7. The summed E-state index contributed by atoms with van der Waals surface area (Å²) in [6, 6.07) is 1.97. The molecule has 0 saturated carbocycles. The fraction of sp³-hybridized carbons (Fsp3) is 0.571. The Morgan fingerprint density at radius 1 is 1.26 bits per heavy atom. The smallest absolute Gasteiger partial charge is 0.317 e. The molecule has 1 aromatic heterocycles. The Bertz CT molecular complexity index is 615. The molecule has 0 atom stereocenters. The topological polar surface area (TPSA) is 64.1 Å².